The third kappa shape index (κ3) is 4.16. The number of aromatic nitrogens is 1. The lowest BCUT2D eigenvalue weighted by molar-refractivity contribution is -0.137. The molecule has 2 heterocycles. The zero-order valence-electron chi connectivity index (χ0n) is 15.5. The average molecular weight is 397 g/mol. The molecule has 1 amide bonds. The molecule has 0 atom stereocenters. The Morgan fingerprint density at radius 3 is 2.37 bits per heavy atom. The Morgan fingerprint density at radius 2 is 1.78 bits per heavy atom. The SMILES string of the molecule is Cc1nc(-c2ccccc2C(F)(F)F)sc1C(=O)N1CCN(C(C)C)CC1. The third-order valence-corrected chi connectivity index (χ3v) is 5.96. The number of amides is 1. The van der Waals surface area contributed by atoms with E-state index in [4.69, 9.17) is 0 Å². The van der Waals surface area contributed by atoms with Crippen molar-refractivity contribution in [3.05, 3.63) is 40.4 Å². The van der Waals surface area contributed by atoms with Crippen molar-refractivity contribution in [2.24, 2.45) is 0 Å². The van der Waals surface area contributed by atoms with E-state index >= 15 is 0 Å². The van der Waals surface area contributed by atoms with Crippen molar-refractivity contribution in [1.29, 1.82) is 0 Å². The highest BCUT2D eigenvalue weighted by atomic mass is 32.1. The number of hydrogen-bond donors (Lipinski definition) is 0. The van der Waals surface area contributed by atoms with Crippen LogP contribution < -0.4 is 0 Å². The van der Waals surface area contributed by atoms with Gasteiger partial charge in [-0.1, -0.05) is 18.2 Å². The van der Waals surface area contributed by atoms with Crippen LogP contribution in [0.3, 0.4) is 0 Å². The molecule has 0 spiro atoms. The molecular weight excluding hydrogens is 375 g/mol. The van der Waals surface area contributed by atoms with Crippen LogP contribution in [0.2, 0.25) is 0 Å². The van der Waals surface area contributed by atoms with Crippen molar-refractivity contribution < 1.29 is 18.0 Å². The van der Waals surface area contributed by atoms with Gasteiger partial charge in [0.25, 0.3) is 5.91 Å². The number of halogens is 3. The van der Waals surface area contributed by atoms with Crippen molar-refractivity contribution in [3.8, 4) is 10.6 Å². The summed E-state index contributed by atoms with van der Waals surface area (Å²) in [5, 5.41) is 0.226. The first-order chi connectivity index (χ1) is 12.7. The number of hydrogen-bond acceptors (Lipinski definition) is 4. The maximum Gasteiger partial charge on any atom is 0.417 e. The van der Waals surface area contributed by atoms with Crippen molar-refractivity contribution >= 4 is 17.2 Å². The van der Waals surface area contributed by atoms with Crippen LogP contribution in [-0.4, -0.2) is 52.9 Å². The Morgan fingerprint density at radius 1 is 1.15 bits per heavy atom. The van der Waals surface area contributed by atoms with Gasteiger partial charge in [-0.25, -0.2) is 4.98 Å². The van der Waals surface area contributed by atoms with E-state index < -0.39 is 11.7 Å². The maximum absolute atomic E-state index is 13.3. The zero-order valence-corrected chi connectivity index (χ0v) is 16.3. The summed E-state index contributed by atoms with van der Waals surface area (Å²) in [6.45, 7) is 8.74. The lowest BCUT2D eigenvalue weighted by Gasteiger charge is -2.36. The monoisotopic (exact) mass is 397 g/mol. The fourth-order valence-corrected chi connectivity index (χ4v) is 4.29. The molecule has 27 heavy (non-hydrogen) atoms. The maximum atomic E-state index is 13.3. The predicted octanol–water partition coefficient (Wildman–Crippen LogP) is 4.30. The molecule has 0 N–H and O–H groups in total. The predicted molar refractivity (Wildman–Crippen MR) is 99.9 cm³/mol. The molecule has 146 valence electrons. The number of piperazine rings is 1. The molecule has 0 aliphatic carbocycles. The number of rotatable bonds is 3. The van der Waals surface area contributed by atoms with Gasteiger partial charge >= 0.3 is 6.18 Å². The molecule has 8 heteroatoms. The summed E-state index contributed by atoms with van der Waals surface area (Å²) in [6, 6.07) is 5.77. The normalized spacial score (nSPS) is 16.2. The number of carbonyl (C=O) groups is 1. The van der Waals surface area contributed by atoms with Crippen LogP contribution in [0.5, 0.6) is 0 Å². The second-order valence-electron chi connectivity index (χ2n) is 6.90. The second-order valence-corrected chi connectivity index (χ2v) is 7.90. The summed E-state index contributed by atoms with van der Waals surface area (Å²) in [5.74, 6) is -0.149. The summed E-state index contributed by atoms with van der Waals surface area (Å²) >= 11 is 1.04. The molecule has 1 saturated heterocycles. The molecular formula is C19H22F3N3OS. The van der Waals surface area contributed by atoms with Crippen molar-refractivity contribution in [2.75, 3.05) is 26.2 Å². The van der Waals surface area contributed by atoms with Gasteiger partial charge in [0.15, 0.2) is 0 Å². The Balaban J connectivity index is 1.85. The van der Waals surface area contributed by atoms with Crippen LogP contribution in [0, 0.1) is 6.92 Å². The minimum absolute atomic E-state index is 0.0155. The highest BCUT2D eigenvalue weighted by Gasteiger charge is 2.35. The van der Waals surface area contributed by atoms with Gasteiger partial charge < -0.3 is 4.90 Å². The van der Waals surface area contributed by atoms with Crippen molar-refractivity contribution in [2.45, 2.75) is 33.0 Å². The highest BCUT2D eigenvalue weighted by molar-refractivity contribution is 7.17. The number of carbonyl (C=O) groups excluding carboxylic acids is 1. The summed E-state index contributed by atoms with van der Waals surface area (Å²) in [5.41, 5.74) is -0.242. The fraction of sp³-hybridized carbons (Fsp3) is 0.474. The molecule has 2 aromatic rings. The van der Waals surface area contributed by atoms with Crippen molar-refractivity contribution in [1.82, 2.24) is 14.8 Å². The van der Waals surface area contributed by atoms with Gasteiger partial charge in [-0.05, 0) is 26.8 Å². The minimum atomic E-state index is -4.46. The van der Waals surface area contributed by atoms with Crippen LogP contribution in [-0.2, 0) is 6.18 Å². The second kappa shape index (κ2) is 7.59. The molecule has 4 nitrogen and oxygen atoms in total. The van der Waals surface area contributed by atoms with Gasteiger partial charge in [0.05, 0.1) is 11.3 Å². The zero-order chi connectivity index (χ0) is 19.8. The fourth-order valence-electron chi connectivity index (χ4n) is 3.21. The first kappa shape index (κ1) is 19.8. The lowest BCUT2D eigenvalue weighted by Crippen LogP contribution is -2.50. The molecule has 1 aromatic heterocycles. The van der Waals surface area contributed by atoms with Crippen LogP contribution >= 0.6 is 11.3 Å². The van der Waals surface area contributed by atoms with Gasteiger partial charge in [0.1, 0.15) is 9.88 Å². The third-order valence-electron chi connectivity index (χ3n) is 4.79. The Bertz CT molecular complexity index is 824. The standard InChI is InChI=1S/C19H22F3N3OS/c1-12(2)24-8-10-25(11-9-24)18(26)16-13(3)23-17(27-16)14-6-4-5-7-15(14)19(20,21)22/h4-7,12H,8-11H2,1-3H3. The largest absolute Gasteiger partial charge is 0.417 e. The van der Waals surface area contributed by atoms with E-state index in [1.54, 1.807) is 17.9 Å². The van der Waals surface area contributed by atoms with E-state index in [9.17, 15) is 18.0 Å². The van der Waals surface area contributed by atoms with E-state index in [2.05, 4.69) is 23.7 Å². The quantitative estimate of drug-likeness (QED) is 0.775. The number of alkyl halides is 3. The van der Waals surface area contributed by atoms with Crippen LogP contribution in [0.25, 0.3) is 10.6 Å². The Hall–Kier alpha value is -1.93. The molecule has 3 rings (SSSR count). The smallest absolute Gasteiger partial charge is 0.335 e. The Labute approximate surface area is 160 Å². The van der Waals surface area contributed by atoms with E-state index in [0.29, 0.717) is 29.7 Å². The first-order valence-corrected chi connectivity index (χ1v) is 9.67. The molecule has 1 aromatic carbocycles. The number of benzene rings is 1. The summed E-state index contributed by atoms with van der Waals surface area (Å²) in [6.07, 6.45) is -4.46. The molecule has 0 radical (unpaired) electrons. The van der Waals surface area contributed by atoms with Gasteiger partial charge in [0.2, 0.25) is 0 Å². The minimum Gasteiger partial charge on any atom is -0.335 e. The number of nitrogens with zero attached hydrogens (tertiary/aromatic N) is 3. The number of aryl methyl sites for hydroxylation is 1. The van der Waals surface area contributed by atoms with Crippen molar-refractivity contribution in [3.63, 3.8) is 0 Å². The van der Waals surface area contributed by atoms with E-state index in [1.165, 1.54) is 12.1 Å². The van der Waals surface area contributed by atoms with Gasteiger partial charge in [-0.3, -0.25) is 9.69 Å². The summed E-state index contributed by atoms with van der Waals surface area (Å²) < 4.78 is 39.9. The van der Waals surface area contributed by atoms with E-state index in [0.717, 1.165) is 30.5 Å². The van der Waals surface area contributed by atoms with Crippen LogP contribution in [0.1, 0.15) is 34.8 Å². The molecule has 1 fully saturated rings. The molecule has 0 bridgehead atoms. The van der Waals surface area contributed by atoms with Gasteiger partial charge in [0, 0.05) is 37.8 Å². The number of thiazole rings is 1. The van der Waals surface area contributed by atoms with E-state index in [1.807, 2.05) is 0 Å². The topological polar surface area (TPSA) is 36.4 Å². The first-order valence-electron chi connectivity index (χ1n) is 8.86. The lowest BCUT2D eigenvalue weighted by atomic mass is 10.1. The van der Waals surface area contributed by atoms with Crippen LogP contribution in [0.15, 0.2) is 24.3 Å². The van der Waals surface area contributed by atoms with Crippen LogP contribution in [0.4, 0.5) is 13.2 Å². The molecule has 1 aliphatic rings. The highest BCUT2D eigenvalue weighted by Crippen LogP contribution is 2.39. The van der Waals surface area contributed by atoms with Gasteiger partial charge in [-0.15, -0.1) is 11.3 Å². The molecule has 1 aliphatic heterocycles. The summed E-state index contributed by atoms with van der Waals surface area (Å²) in [7, 11) is 0. The molecule has 0 saturated carbocycles. The molecule has 0 unspecified atom stereocenters. The van der Waals surface area contributed by atoms with E-state index in [-0.39, 0.29) is 16.5 Å². The summed E-state index contributed by atoms with van der Waals surface area (Å²) in [4.78, 5) is 21.6. The Kier molecular flexibility index (Phi) is 5.58. The van der Waals surface area contributed by atoms with Gasteiger partial charge in [-0.2, -0.15) is 13.2 Å². The average Bonchev–Trinajstić information content (AvgIpc) is 3.02.